The molecule has 0 amide bonds. The minimum Gasteiger partial charge on any atom is -0.322 e. The van der Waals surface area contributed by atoms with Gasteiger partial charge in [0.1, 0.15) is 22.5 Å². The number of nitrogens with two attached hydrogens (primary N) is 2. The number of aromatic nitrogens is 2. The van der Waals surface area contributed by atoms with Gasteiger partial charge in [0, 0.05) is 12.1 Å². The maximum absolute atomic E-state index is 11.8. The number of hydrogen-bond donors (Lipinski definition) is 4. The lowest BCUT2D eigenvalue weighted by molar-refractivity contribution is 0.901. The SMILES string of the molecule is N#Cc1c(SC/C(=N/N)NN)nc(=O)[nH]c1Cc1ccccc1. The van der Waals surface area contributed by atoms with Crippen LogP contribution in [0.25, 0.3) is 0 Å². The van der Waals surface area contributed by atoms with E-state index in [0.29, 0.717) is 28.5 Å². The summed E-state index contributed by atoms with van der Waals surface area (Å²) in [4.78, 5) is 18.3. The molecule has 0 aliphatic carbocycles. The second-order valence-corrected chi connectivity index (χ2v) is 5.45. The number of nitrogens with one attached hydrogen (secondary N) is 2. The van der Waals surface area contributed by atoms with Crippen molar-refractivity contribution in [3.63, 3.8) is 0 Å². The molecule has 0 radical (unpaired) electrons. The smallest absolute Gasteiger partial charge is 0.322 e. The van der Waals surface area contributed by atoms with Gasteiger partial charge in [-0.2, -0.15) is 15.3 Å². The summed E-state index contributed by atoms with van der Waals surface area (Å²) < 4.78 is 0. The van der Waals surface area contributed by atoms with Crippen LogP contribution in [0, 0.1) is 11.3 Å². The Kier molecular flexibility index (Phi) is 5.74. The average Bonchev–Trinajstić information content (AvgIpc) is 2.56. The Balaban J connectivity index is 2.33. The van der Waals surface area contributed by atoms with E-state index in [0.717, 1.165) is 17.3 Å². The minimum absolute atomic E-state index is 0.267. The number of H-pyrrole nitrogens is 1. The van der Waals surface area contributed by atoms with Crippen LogP contribution in [0.4, 0.5) is 0 Å². The third-order valence-electron chi connectivity index (χ3n) is 2.98. The van der Waals surface area contributed by atoms with E-state index in [2.05, 4.69) is 26.6 Å². The van der Waals surface area contributed by atoms with Crippen LogP contribution in [-0.2, 0) is 6.42 Å². The van der Waals surface area contributed by atoms with E-state index >= 15 is 0 Å². The maximum Gasteiger partial charge on any atom is 0.346 e. The number of hydrogen-bond acceptors (Lipinski definition) is 7. The molecular formula is C14H15N7OS. The second kappa shape index (κ2) is 7.98. The fourth-order valence-corrected chi connectivity index (χ4v) is 2.79. The third kappa shape index (κ3) is 4.32. The van der Waals surface area contributed by atoms with E-state index < -0.39 is 5.69 Å². The van der Waals surface area contributed by atoms with Crippen molar-refractivity contribution in [1.29, 1.82) is 5.26 Å². The highest BCUT2D eigenvalue weighted by Gasteiger charge is 2.14. The molecule has 0 aliphatic rings. The van der Waals surface area contributed by atoms with Gasteiger partial charge in [0.2, 0.25) is 0 Å². The Morgan fingerprint density at radius 2 is 2.17 bits per heavy atom. The molecule has 9 heteroatoms. The largest absolute Gasteiger partial charge is 0.346 e. The number of thioether (sulfide) groups is 1. The van der Waals surface area contributed by atoms with Gasteiger partial charge >= 0.3 is 5.69 Å². The first-order chi connectivity index (χ1) is 11.2. The molecule has 2 aromatic rings. The van der Waals surface area contributed by atoms with Crippen molar-refractivity contribution < 1.29 is 0 Å². The van der Waals surface area contributed by atoms with Crippen LogP contribution >= 0.6 is 11.8 Å². The quantitative estimate of drug-likeness (QED) is 0.151. The molecule has 1 aromatic heterocycles. The van der Waals surface area contributed by atoms with Gasteiger partial charge in [-0.3, -0.25) is 0 Å². The summed E-state index contributed by atoms with van der Waals surface area (Å²) in [5, 5.41) is 13.2. The lowest BCUT2D eigenvalue weighted by Crippen LogP contribution is -2.33. The number of aromatic amines is 1. The minimum atomic E-state index is -0.510. The van der Waals surface area contributed by atoms with Gasteiger partial charge in [0.15, 0.2) is 0 Å². The van der Waals surface area contributed by atoms with Gasteiger partial charge in [0.25, 0.3) is 0 Å². The molecule has 1 heterocycles. The number of amidine groups is 1. The van der Waals surface area contributed by atoms with Crippen molar-refractivity contribution >= 4 is 17.6 Å². The summed E-state index contributed by atoms with van der Waals surface area (Å²) in [6.45, 7) is 0. The fraction of sp³-hybridized carbons (Fsp3) is 0.143. The summed E-state index contributed by atoms with van der Waals surface area (Å²) in [5.74, 6) is 11.0. The third-order valence-corrected chi connectivity index (χ3v) is 3.97. The normalized spacial score (nSPS) is 11.0. The Bertz CT molecular complexity index is 795. The molecule has 0 bridgehead atoms. The number of benzene rings is 1. The highest BCUT2D eigenvalue weighted by molar-refractivity contribution is 8.00. The number of hydrazine groups is 1. The van der Waals surface area contributed by atoms with Crippen LogP contribution in [0.1, 0.15) is 16.8 Å². The first-order valence-electron chi connectivity index (χ1n) is 6.61. The molecule has 0 saturated carbocycles. The molecule has 0 atom stereocenters. The molecule has 0 spiro atoms. The summed E-state index contributed by atoms with van der Waals surface area (Å²) in [6, 6.07) is 11.6. The van der Waals surface area contributed by atoms with Gasteiger partial charge < -0.3 is 16.3 Å². The van der Waals surface area contributed by atoms with Crippen molar-refractivity contribution in [1.82, 2.24) is 15.4 Å². The Morgan fingerprint density at radius 3 is 2.78 bits per heavy atom. The lowest BCUT2D eigenvalue weighted by atomic mass is 10.1. The molecule has 118 valence electrons. The molecule has 0 aliphatic heterocycles. The van der Waals surface area contributed by atoms with Crippen molar-refractivity contribution in [3.8, 4) is 6.07 Å². The zero-order valence-electron chi connectivity index (χ0n) is 12.1. The highest BCUT2D eigenvalue weighted by atomic mass is 32.2. The van der Waals surface area contributed by atoms with E-state index in [-0.39, 0.29) is 5.75 Å². The molecular weight excluding hydrogens is 314 g/mol. The standard InChI is InChI=1S/C14H15N7OS/c15-7-10-11(6-9-4-2-1-3-5-9)18-14(22)19-13(10)23-8-12(20-16)21-17/h1-5H,6,8,16-17H2,(H,20,21)(H,18,19,22). The summed E-state index contributed by atoms with van der Waals surface area (Å²) in [6.07, 6.45) is 0.433. The van der Waals surface area contributed by atoms with Gasteiger partial charge in [-0.1, -0.05) is 42.1 Å². The number of nitriles is 1. The number of nitrogens with zero attached hydrogens (tertiary/aromatic N) is 3. The predicted molar refractivity (Wildman–Crippen MR) is 88.5 cm³/mol. The average molecular weight is 329 g/mol. The van der Waals surface area contributed by atoms with E-state index in [1.54, 1.807) is 0 Å². The van der Waals surface area contributed by atoms with Crippen LogP contribution in [-0.4, -0.2) is 21.6 Å². The Labute approximate surface area is 136 Å². The van der Waals surface area contributed by atoms with Crippen LogP contribution in [0.5, 0.6) is 0 Å². The van der Waals surface area contributed by atoms with Crippen molar-refractivity contribution in [2.24, 2.45) is 16.8 Å². The predicted octanol–water partition coefficient (Wildman–Crippen LogP) is 0.0600. The Morgan fingerprint density at radius 1 is 1.43 bits per heavy atom. The zero-order chi connectivity index (χ0) is 16.7. The van der Waals surface area contributed by atoms with Crippen LogP contribution in [0.3, 0.4) is 0 Å². The van der Waals surface area contributed by atoms with E-state index in [1.807, 2.05) is 30.3 Å². The monoisotopic (exact) mass is 329 g/mol. The van der Waals surface area contributed by atoms with E-state index in [4.69, 9.17) is 11.7 Å². The van der Waals surface area contributed by atoms with Crippen molar-refractivity contribution in [3.05, 3.63) is 57.6 Å². The van der Waals surface area contributed by atoms with Gasteiger partial charge in [-0.25, -0.2) is 10.6 Å². The molecule has 0 fully saturated rings. The van der Waals surface area contributed by atoms with E-state index in [1.165, 1.54) is 0 Å². The molecule has 6 N–H and O–H groups in total. The molecule has 0 saturated heterocycles. The van der Waals surface area contributed by atoms with E-state index in [9.17, 15) is 10.1 Å². The summed E-state index contributed by atoms with van der Waals surface area (Å²) in [5.41, 5.74) is 3.65. The van der Waals surface area contributed by atoms with Crippen LogP contribution in [0.15, 0.2) is 45.3 Å². The first-order valence-corrected chi connectivity index (χ1v) is 7.60. The van der Waals surface area contributed by atoms with Gasteiger partial charge in [-0.15, -0.1) is 0 Å². The fourth-order valence-electron chi connectivity index (χ4n) is 1.90. The summed E-state index contributed by atoms with van der Waals surface area (Å²) in [7, 11) is 0. The zero-order valence-corrected chi connectivity index (χ0v) is 12.9. The van der Waals surface area contributed by atoms with Crippen LogP contribution < -0.4 is 22.8 Å². The molecule has 2 rings (SSSR count). The number of hydrazone groups is 1. The maximum atomic E-state index is 11.8. The van der Waals surface area contributed by atoms with Gasteiger partial charge in [0.05, 0.1) is 5.75 Å². The number of rotatable bonds is 5. The first kappa shape index (κ1) is 16.5. The molecule has 1 aromatic carbocycles. The summed E-state index contributed by atoms with van der Waals surface area (Å²) >= 11 is 1.16. The van der Waals surface area contributed by atoms with Crippen molar-refractivity contribution in [2.45, 2.75) is 11.4 Å². The van der Waals surface area contributed by atoms with Gasteiger partial charge in [-0.05, 0) is 5.56 Å². The van der Waals surface area contributed by atoms with Crippen LogP contribution in [0.2, 0.25) is 0 Å². The lowest BCUT2D eigenvalue weighted by Gasteiger charge is -2.08. The van der Waals surface area contributed by atoms with Crippen molar-refractivity contribution in [2.75, 3.05) is 5.75 Å². The second-order valence-electron chi connectivity index (χ2n) is 4.48. The molecule has 8 nitrogen and oxygen atoms in total. The molecule has 0 unspecified atom stereocenters. The highest BCUT2D eigenvalue weighted by Crippen LogP contribution is 2.21. The topological polar surface area (TPSA) is 146 Å². The Hall–Kier alpha value is -2.83. The molecule has 23 heavy (non-hydrogen) atoms.